The number of nitrogens with one attached hydrogen (secondary N) is 5. The van der Waals surface area contributed by atoms with Crippen molar-refractivity contribution in [2.24, 2.45) is 40.7 Å². The molecule has 0 amide bonds. The first-order valence-electron chi connectivity index (χ1n) is 24.3. The summed E-state index contributed by atoms with van der Waals surface area (Å²) >= 11 is 0. The summed E-state index contributed by atoms with van der Waals surface area (Å²) in [6.45, 7) is 8.21. The van der Waals surface area contributed by atoms with Crippen molar-refractivity contribution in [1.29, 1.82) is 0 Å². The smallest absolute Gasteiger partial charge is 0.350 e. The van der Waals surface area contributed by atoms with Crippen molar-refractivity contribution >= 4 is 17.5 Å². The fourth-order valence-corrected chi connectivity index (χ4v) is 12.9. The van der Waals surface area contributed by atoms with E-state index in [0.717, 1.165) is 79.6 Å². The minimum atomic E-state index is -2.17. The van der Waals surface area contributed by atoms with E-state index >= 15 is 14.4 Å². The number of carbonyl (C=O) groups is 3. The number of ketones is 2. The number of Topliss-reactive ketones (excluding diaryl/α,β-unsaturated/α-hetero) is 2. The third-order valence-corrected chi connectivity index (χ3v) is 16.3. The number of likely N-dealkylation sites (N-methyl/N-ethyl adjacent to an activating group) is 1. The highest BCUT2D eigenvalue weighted by Gasteiger charge is 2.86. The average Bonchev–Trinajstić information content (AvgIpc) is 4.01. The van der Waals surface area contributed by atoms with Crippen LogP contribution in [0.15, 0.2) is 101 Å². The molecule has 8 N–H and O–H groups in total. The number of benzene rings is 1. The number of epoxide rings is 1. The summed E-state index contributed by atoms with van der Waals surface area (Å²) < 4.78 is 13.0. The second kappa shape index (κ2) is 18.6. The summed E-state index contributed by atoms with van der Waals surface area (Å²) in [6.07, 6.45) is 25.9. The van der Waals surface area contributed by atoms with E-state index in [2.05, 4.69) is 76.9 Å². The highest BCUT2D eigenvalue weighted by Crippen LogP contribution is 2.61. The predicted molar refractivity (Wildman–Crippen MR) is 252 cm³/mol. The molecule has 5 aliphatic heterocycles. The molecule has 12 nitrogen and oxygen atoms in total. The Hall–Kier alpha value is -4.59. The van der Waals surface area contributed by atoms with Crippen LogP contribution in [0, 0.1) is 35.0 Å². The third-order valence-electron chi connectivity index (χ3n) is 16.3. The van der Waals surface area contributed by atoms with Gasteiger partial charge >= 0.3 is 5.97 Å². The van der Waals surface area contributed by atoms with Crippen LogP contribution in [0.25, 0.3) is 0 Å². The lowest BCUT2D eigenvalue weighted by Crippen LogP contribution is -2.53. The van der Waals surface area contributed by atoms with Crippen LogP contribution in [0.4, 0.5) is 0 Å². The van der Waals surface area contributed by atoms with Crippen molar-refractivity contribution in [1.82, 2.24) is 26.6 Å². The van der Waals surface area contributed by atoms with Crippen LogP contribution in [0.3, 0.4) is 0 Å². The van der Waals surface area contributed by atoms with Crippen molar-refractivity contribution in [3.63, 3.8) is 0 Å². The van der Waals surface area contributed by atoms with Crippen molar-refractivity contribution in [3.8, 4) is 0 Å². The Morgan fingerprint density at radius 1 is 1.06 bits per heavy atom. The molecule has 10 atom stereocenters. The molecule has 65 heavy (non-hydrogen) atoms. The van der Waals surface area contributed by atoms with Gasteiger partial charge in [-0.05, 0) is 141 Å². The fourth-order valence-electron chi connectivity index (χ4n) is 12.9. The van der Waals surface area contributed by atoms with Crippen LogP contribution >= 0.6 is 0 Å². The number of aliphatic hydroxyl groups excluding tert-OH is 1. The maximum absolute atomic E-state index is 15.6. The zero-order valence-electron chi connectivity index (χ0n) is 38.8. The third kappa shape index (κ3) is 8.43. The zero-order chi connectivity index (χ0) is 45.5. The molecule has 12 heteroatoms. The topological polar surface area (TPSA) is 179 Å². The van der Waals surface area contributed by atoms with Gasteiger partial charge < -0.3 is 46.9 Å². The lowest BCUT2D eigenvalue weighted by molar-refractivity contribution is -0.151. The molecule has 6 bridgehead atoms. The molecule has 0 radical (unpaired) electrons. The van der Waals surface area contributed by atoms with Gasteiger partial charge in [0.1, 0.15) is 5.82 Å². The van der Waals surface area contributed by atoms with Crippen LogP contribution in [-0.4, -0.2) is 86.1 Å². The Morgan fingerprint density at radius 2 is 1.92 bits per heavy atom. The standard InChI is InChI=1S/C53H70N6O6/c1-5-56-43-24-36-9-6-12-39-35-11-8-21-51(3,25-34-16-19-44(54)58-28-34)26-37-10-7-13-41-47(37)49(62)53(50(63)64-30-42(43)40(18-17-35)46(36)39)52(65-53,48(41)61)27-38(29-60)32(2)14-15-33-20-22-57-45(23-33)59-31-55-4/h6-7,9-10,13,16,19-20,23-24,28,35,39-40,42-44,46,55-60H,5,8,11-12,14-15,17-18,21-22,25-27,29-31,54H2,1-4H3. The quantitative estimate of drug-likeness (QED) is 0.0409. The van der Waals surface area contributed by atoms with Gasteiger partial charge in [-0.3, -0.25) is 9.59 Å². The van der Waals surface area contributed by atoms with Crippen LogP contribution in [0.2, 0.25) is 0 Å². The molecule has 4 aliphatic carbocycles. The summed E-state index contributed by atoms with van der Waals surface area (Å²) in [5.74, 6) is 0.974. The number of hydrogen-bond acceptors (Lipinski definition) is 12. The number of ether oxygens (including phenoxy) is 2. The number of allylic oxidation sites excluding steroid dienone is 8. The highest BCUT2D eigenvalue weighted by molar-refractivity contribution is 6.33. The summed E-state index contributed by atoms with van der Waals surface area (Å²) in [4.78, 5) is 46.0. The zero-order valence-corrected chi connectivity index (χ0v) is 38.8. The highest BCUT2D eigenvalue weighted by atomic mass is 16.7. The largest absolute Gasteiger partial charge is 0.463 e. The van der Waals surface area contributed by atoms with Crippen molar-refractivity contribution in [2.45, 2.75) is 115 Å². The van der Waals surface area contributed by atoms with E-state index in [9.17, 15) is 5.11 Å². The minimum absolute atomic E-state index is 0.00986. The number of esters is 1. The predicted octanol–water partition coefficient (Wildman–Crippen LogP) is 5.94. The van der Waals surface area contributed by atoms with E-state index in [1.54, 1.807) is 6.07 Å². The summed E-state index contributed by atoms with van der Waals surface area (Å²) in [5.41, 5.74) is 8.28. The van der Waals surface area contributed by atoms with Gasteiger partial charge in [0.25, 0.3) is 5.60 Å². The number of hydrogen-bond donors (Lipinski definition) is 7. The lowest BCUT2D eigenvalue weighted by atomic mass is 9.54. The molecule has 5 heterocycles. The van der Waals surface area contributed by atoms with Crippen molar-refractivity contribution in [2.75, 3.05) is 40.0 Å². The Bertz CT molecular complexity index is 2290. The number of carbonyl (C=O) groups excluding carboxylic acids is 3. The molecule has 0 aromatic heterocycles. The van der Waals surface area contributed by atoms with Gasteiger partial charge in [-0.15, -0.1) is 0 Å². The number of rotatable bonds is 13. The van der Waals surface area contributed by atoms with Gasteiger partial charge in [0, 0.05) is 42.3 Å². The molecular weight excluding hydrogens is 817 g/mol. The maximum atomic E-state index is 15.6. The molecular formula is C53H70N6O6. The summed E-state index contributed by atoms with van der Waals surface area (Å²) in [5, 5.41) is 27.7. The molecule has 1 saturated carbocycles. The van der Waals surface area contributed by atoms with Gasteiger partial charge in [-0.1, -0.05) is 80.8 Å². The Kier molecular flexibility index (Phi) is 13.0. The molecule has 1 aromatic rings. The molecule has 1 aromatic carbocycles. The fraction of sp³-hybridized carbons (Fsp3) is 0.566. The monoisotopic (exact) mass is 887 g/mol. The van der Waals surface area contributed by atoms with Gasteiger partial charge in [-0.25, -0.2) is 4.79 Å². The molecule has 10 rings (SSSR count). The normalized spacial score (nSPS) is 35.2. The molecule has 348 valence electrons. The number of fused-ring (bicyclic) bond motifs is 7. The number of dihydropyridines is 2. The molecule has 1 saturated heterocycles. The first-order chi connectivity index (χ1) is 31.4. The van der Waals surface area contributed by atoms with Gasteiger partial charge in [0.05, 0.1) is 26.0 Å². The number of aliphatic hydroxyl groups is 1. The van der Waals surface area contributed by atoms with Crippen LogP contribution in [0.5, 0.6) is 0 Å². The second-order valence-corrected chi connectivity index (χ2v) is 20.4. The van der Waals surface area contributed by atoms with Crippen LogP contribution in [0.1, 0.15) is 111 Å². The molecule has 10 unspecified atom stereocenters. The van der Waals surface area contributed by atoms with E-state index in [-0.39, 0.29) is 54.3 Å². The SMILES string of the molecule is CCNC1C=C2C=CCC3C4CCCC(C)(CC5=CNC(N)C=C5)Cc5cccc6c5C(=O)C5(OC5(CC(CO)=C(C)CCC5=CCNC(NCNC)=C5)C6=O)C(=O)OCC1C(CC4)C23. The molecule has 2 fully saturated rings. The van der Waals surface area contributed by atoms with Crippen molar-refractivity contribution in [3.05, 3.63) is 117 Å². The van der Waals surface area contributed by atoms with Crippen LogP contribution in [-0.2, 0) is 20.7 Å². The van der Waals surface area contributed by atoms with Gasteiger partial charge in [0.15, 0.2) is 11.4 Å². The van der Waals surface area contributed by atoms with E-state index in [4.69, 9.17) is 15.2 Å². The minimum Gasteiger partial charge on any atom is -0.463 e. The number of nitrogens with two attached hydrogens (primary N) is 1. The first-order valence-corrected chi connectivity index (χ1v) is 24.3. The van der Waals surface area contributed by atoms with E-state index in [1.807, 2.05) is 38.4 Å². The summed E-state index contributed by atoms with van der Waals surface area (Å²) in [7, 11) is 1.88. The summed E-state index contributed by atoms with van der Waals surface area (Å²) in [6, 6.07) is 5.51. The van der Waals surface area contributed by atoms with Crippen molar-refractivity contribution < 1.29 is 29.0 Å². The Morgan fingerprint density at radius 3 is 2.71 bits per heavy atom. The average molecular weight is 887 g/mol. The van der Waals surface area contributed by atoms with E-state index in [1.165, 1.54) is 5.57 Å². The van der Waals surface area contributed by atoms with E-state index < -0.39 is 28.7 Å². The van der Waals surface area contributed by atoms with E-state index in [0.29, 0.717) is 61.7 Å². The lowest BCUT2D eigenvalue weighted by Gasteiger charge is -2.52. The second-order valence-electron chi connectivity index (χ2n) is 20.4. The van der Waals surface area contributed by atoms with Crippen LogP contribution < -0.4 is 32.3 Å². The van der Waals surface area contributed by atoms with Gasteiger partial charge in [0.2, 0.25) is 5.78 Å². The Balaban J connectivity index is 1.10. The molecule has 9 aliphatic rings. The van der Waals surface area contributed by atoms with Gasteiger partial charge in [-0.2, -0.15) is 0 Å². The first kappa shape index (κ1) is 45.6. The Labute approximate surface area is 384 Å². The maximum Gasteiger partial charge on any atom is 0.350 e. The molecule has 1 spiro atoms.